The van der Waals surface area contributed by atoms with Crippen LogP contribution in [-0.4, -0.2) is 21.3 Å². The lowest BCUT2D eigenvalue weighted by Gasteiger charge is -2.01. The first kappa shape index (κ1) is 11.5. The maximum absolute atomic E-state index is 10.6. The van der Waals surface area contributed by atoms with Gasteiger partial charge in [-0.3, -0.25) is 4.18 Å². The molecule has 0 N–H and O–H groups in total. The van der Waals surface area contributed by atoms with Crippen LogP contribution in [0.2, 0.25) is 5.02 Å². The molecule has 0 bridgehead atoms. The van der Waals surface area contributed by atoms with Crippen molar-refractivity contribution < 1.29 is 12.6 Å². The lowest BCUT2D eigenvalue weighted by atomic mass is 10.2. The topological polar surface area (TPSA) is 43.4 Å². The first-order valence-corrected chi connectivity index (χ1v) is 6.26. The zero-order valence-corrected chi connectivity index (χ0v) is 9.31. The monoisotopic (exact) mass is 234 g/mol. The maximum atomic E-state index is 10.6. The first-order chi connectivity index (χ1) is 6.47. The normalized spacial score (nSPS) is 11.6. The Hall–Kier alpha value is -0.580. The molecular formula is C9H11ClO3S. The van der Waals surface area contributed by atoms with Crippen molar-refractivity contribution in [2.75, 3.05) is 12.9 Å². The van der Waals surface area contributed by atoms with Gasteiger partial charge in [0.15, 0.2) is 0 Å². The Balaban J connectivity index is 2.47. The van der Waals surface area contributed by atoms with E-state index in [1.807, 2.05) is 12.1 Å². The molecule has 0 saturated heterocycles. The van der Waals surface area contributed by atoms with Crippen molar-refractivity contribution in [3.05, 3.63) is 34.9 Å². The summed E-state index contributed by atoms with van der Waals surface area (Å²) in [5, 5.41) is 0.641. The van der Waals surface area contributed by atoms with E-state index in [-0.39, 0.29) is 6.61 Å². The molecular weight excluding hydrogens is 224 g/mol. The van der Waals surface area contributed by atoms with Crippen molar-refractivity contribution in [3.63, 3.8) is 0 Å². The van der Waals surface area contributed by atoms with Crippen LogP contribution in [0.25, 0.3) is 0 Å². The molecule has 0 aliphatic rings. The maximum Gasteiger partial charge on any atom is 0.264 e. The molecule has 1 aromatic rings. The summed E-state index contributed by atoms with van der Waals surface area (Å²) in [4.78, 5) is 0. The number of benzene rings is 1. The second kappa shape index (κ2) is 4.77. The van der Waals surface area contributed by atoms with Crippen LogP contribution < -0.4 is 0 Å². The summed E-state index contributed by atoms with van der Waals surface area (Å²) < 4.78 is 25.9. The van der Waals surface area contributed by atoms with Crippen molar-refractivity contribution >= 4 is 21.7 Å². The zero-order chi connectivity index (χ0) is 10.6. The molecule has 0 radical (unpaired) electrons. The highest BCUT2D eigenvalue weighted by Gasteiger charge is 2.01. The minimum atomic E-state index is -3.34. The minimum absolute atomic E-state index is 0.152. The van der Waals surface area contributed by atoms with E-state index in [9.17, 15) is 8.42 Å². The van der Waals surface area contributed by atoms with Gasteiger partial charge in [0.05, 0.1) is 12.9 Å². The van der Waals surface area contributed by atoms with E-state index in [1.165, 1.54) is 0 Å². The van der Waals surface area contributed by atoms with Crippen molar-refractivity contribution in [1.82, 2.24) is 0 Å². The predicted octanol–water partition coefficient (Wildman–Crippen LogP) is 1.86. The Morgan fingerprint density at radius 3 is 2.71 bits per heavy atom. The molecule has 0 saturated carbocycles. The highest BCUT2D eigenvalue weighted by Crippen LogP contribution is 2.11. The van der Waals surface area contributed by atoms with E-state index in [1.54, 1.807) is 12.1 Å². The molecule has 0 unspecified atom stereocenters. The third kappa shape index (κ3) is 4.60. The zero-order valence-electron chi connectivity index (χ0n) is 7.73. The highest BCUT2D eigenvalue weighted by atomic mass is 35.5. The van der Waals surface area contributed by atoms with Gasteiger partial charge in [0, 0.05) is 5.02 Å². The second-order valence-corrected chi connectivity index (χ2v) is 4.99. The van der Waals surface area contributed by atoms with Gasteiger partial charge in [-0.05, 0) is 24.1 Å². The van der Waals surface area contributed by atoms with Gasteiger partial charge in [-0.2, -0.15) is 8.42 Å². The lowest BCUT2D eigenvalue weighted by molar-refractivity contribution is 0.326. The first-order valence-electron chi connectivity index (χ1n) is 4.06. The van der Waals surface area contributed by atoms with Gasteiger partial charge in [0.1, 0.15) is 0 Å². The average Bonchev–Trinajstić information content (AvgIpc) is 2.01. The average molecular weight is 235 g/mol. The molecule has 78 valence electrons. The number of rotatable bonds is 4. The molecule has 0 aliphatic carbocycles. The Bertz CT molecular complexity index is 400. The lowest BCUT2D eigenvalue weighted by Crippen LogP contribution is -2.06. The minimum Gasteiger partial charge on any atom is -0.270 e. The molecule has 0 spiro atoms. The van der Waals surface area contributed by atoms with Gasteiger partial charge in [-0.15, -0.1) is 0 Å². The van der Waals surface area contributed by atoms with Crippen LogP contribution >= 0.6 is 11.6 Å². The number of halogens is 1. The molecule has 0 fully saturated rings. The standard InChI is InChI=1S/C9H11ClO3S/c1-14(11,12)13-6-5-8-3-2-4-9(10)7-8/h2-4,7H,5-6H2,1H3. The van der Waals surface area contributed by atoms with Crippen LogP contribution in [-0.2, 0) is 20.7 Å². The van der Waals surface area contributed by atoms with Crippen LogP contribution in [0.15, 0.2) is 24.3 Å². The fraction of sp³-hybridized carbons (Fsp3) is 0.333. The molecule has 0 atom stereocenters. The molecule has 0 aromatic heterocycles. The van der Waals surface area contributed by atoms with Crippen molar-refractivity contribution in [3.8, 4) is 0 Å². The van der Waals surface area contributed by atoms with E-state index < -0.39 is 10.1 Å². The van der Waals surface area contributed by atoms with Gasteiger partial charge in [-0.25, -0.2) is 0 Å². The van der Waals surface area contributed by atoms with Crippen molar-refractivity contribution in [2.45, 2.75) is 6.42 Å². The fourth-order valence-electron chi connectivity index (χ4n) is 1.00. The summed E-state index contributed by atoms with van der Waals surface area (Å²) in [6, 6.07) is 7.24. The summed E-state index contributed by atoms with van der Waals surface area (Å²) in [5.74, 6) is 0. The molecule has 1 rings (SSSR count). The summed E-state index contributed by atoms with van der Waals surface area (Å²) in [6.45, 7) is 0.152. The van der Waals surface area contributed by atoms with Crippen LogP contribution in [0.5, 0.6) is 0 Å². The summed E-state index contributed by atoms with van der Waals surface area (Å²) in [5.41, 5.74) is 0.959. The quantitative estimate of drug-likeness (QED) is 0.747. The predicted molar refractivity (Wildman–Crippen MR) is 56.0 cm³/mol. The van der Waals surface area contributed by atoms with E-state index in [0.717, 1.165) is 11.8 Å². The molecule has 0 aliphatic heterocycles. The molecule has 0 heterocycles. The van der Waals surface area contributed by atoms with Gasteiger partial charge < -0.3 is 0 Å². The largest absolute Gasteiger partial charge is 0.270 e. The highest BCUT2D eigenvalue weighted by molar-refractivity contribution is 7.85. The Morgan fingerprint density at radius 2 is 2.14 bits per heavy atom. The van der Waals surface area contributed by atoms with Crippen LogP contribution in [0.4, 0.5) is 0 Å². The van der Waals surface area contributed by atoms with Crippen LogP contribution in [0.1, 0.15) is 5.56 Å². The molecule has 3 nitrogen and oxygen atoms in total. The number of hydrogen-bond acceptors (Lipinski definition) is 3. The number of hydrogen-bond donors (Lipinski definition) is 0. The smallest absolute Gasteiger partial charge is 0.264 e. The van der Waals surface area contributed by atoms with Crippen molar-refractivity contribution in [2.24, 2.45) is 0 Å². The molecule has 14 heavy (non-hydrogen) atoms. The van der Waals surface area contributed by atoms with E-state index in [2.05, 4.69) is 4.18 Å². The third-order valence-corrected chi connectivity index (χ3v) is 2.41. The Morgan fingerprint density at radius 1 is 1.43 bits per heavy atom. The molecule has 5 heteroatoms. The summed E-state index contributed by atoms with van der Waals surface area (Å²) in [7, 11) is -3.34. The molecule has 1 aromatic carbocycles. The summed E-state index contributed by atoms with van der Waals surface area (Å²) in [6.07, 6.45) is 1.57. The van der Waals surface area contributed by atoms with E-state index in [0.29, 0.717) is 11.4 Å². The van der Waals surface area contributed by atoms with Gasteiger partial charge >= 0.3 is 0 Å². The van der Waals surface area contributed by atoms with Crippen LogP contribution in [0, 0.1) is 0 Å². The van der Waals surface area contributed by atoms with Crippen molar-refractivity contribution in [1.29, 1.82) is 0 Å². The third-order valence-electron chi connectivity index (χ3n) is 1.58. The SMILES string of the molecule is CS(=O)(=O)OCCc1cccc(Cl)c1. The summed E-state index contributed by atoms with van der Waals surface area (Å²) >= 11 is 5.75. The van der Waals surface area contributed by atoms with Gasteiger partial charge in [-0.1, -0.05) is 23.7 Å². The molecule has 0 amide bonds. The Labute approximate surface area is 88.8 Å². The van der Waals surface area contributed by atoms with Gasteiger partial charge in [0.2, 0.25) is 0 Å². The Kier molecular flexibility index (Phi) is 3.92. The van der Waals surface area contributed by atoms with Crippen LogP contribution in [0.3, 0.4) is 0 Å². The van der Waals surface area contributed by atoms with E-state index >= 15 is 0 Å². The second-order valence-electron chi connectivity index (χ2n) is 2.91. The fourth-order valence-corrected chi connectivity index (χ4v) is 1.60. The van der Waals surface area contributed by atoms with E-state index in [4.69, 9.17) is 11.6 Å². The van der Waals surface area contributed by atoms with Gasteiger partial charge in [0.25, 0.3) is 10.1 Å².